The smallest absolute Gasteiger partial charge is 0.271 e. The van der Waals surface area contributed by atoms with Crippen molar-refractivity contribution in [2.45, 2.75) is 39.7 Å². The van der Waals surface area contributed by atoms with Gasteiger partial charge in [-0.25, -0.2) is 9.97 Å². The molecule has 122 valence electrons. The lowest BCUT2D eigenvalue weighted by molar-refractivity contribution is 0.0947. The summed E-state index contributed by atoms with van der Waals surface area (Å²) >= 11 is 0. The average molecular weight is 312 g/mol. The number of hydrogen-bond donors (Lipinski definition) is 2. The largest absolute Gasteiger partial charge is 0.365 e. The fourth-order valence-corrected chi connectivity index (χ4v) is 2.22. The van der Waals surface area contributed by atoms with Gasteiger partial charge in [-0.1, -0.05) is 49.6 Å². The standard InChI is InChI=1S/C18H24N4O/c1-3-4-5-9-19-18(23)16-12-22-17(13-20-16)21-11-15-8-6-7-14(2)10-15/h6-8,10,12-13H,3-5,9,11H2,1-2H3,(H,19,23)(H,21,22). The maximum Gasteiger partial charge on any atom is 0.271 e. The number of nitrogens with one attached hydrogen (secondary N) is 2. The van der Waals surface area contributed by atoms with Crippen LogP contribution in [0.1, 0.15) is 47.8 Å². The number of benzene rings is 1. The predicted octanol–water partition coefficient (Wildman–Crippen LogP) is 3.32. The van der Waals surface area contributed by atoms with Crippen LogP contribution < -0.4 is 10.6 Å². The molecule has 0 fully saturated rings. The van der Waals surface area contributed by atoms with E-state index in [-0.39, 0.29) is 5.91 Å². The third-order valence-corrected chi connectivity index (χ3v) is 3.51. The summed E-state index contributed by atoms with van der Waals surface area (Å²) in [4.78, 5) is 20.3. The molecule has 0 saturated carbocycles. The monoisotopic (exact) mass is 312 g/mol. The molecular formula is C18H24N4O. The van der Waals surface area contributed by atoms with Crippen molar-refractivity contribution in [3.8, 4) is 0 Å². The van der Waals surface area contributed by atoms with Crippen LogP contribution in [0.25, 0.3) is 0 Å². The van der Waals surface area contributed by atoms with E-state index in [0.717, 1.165) is 19.3 Å². The highest BCUT2D eigenvalue weighted by Crippen LogP contribution is 2.07. The fourth-order valence-electron chi connectivity index (χ4n) is 2.22. The number of rotatable bonds is 8. The van der Waals surface area contributed by atoms with E-state index >= 15 is 0 Å². The molecule has 0 aliphatic carbocycles. The number of aromatic nitrogens is 2. The van der Waals surface area contributed by atoms with Gasteiger partial charge in [-0.3, -0.25) is 4.79 Å². The second-order valence-electron chi connectivity index (χ2n) is 5.59. The van der Waals surface area contributed by atoms with Crippen LogP contribution >= 0.6 is 0 Å². The number of carbonyl (C=O) groups excluding carboxylic acids is 1. The van der Waals surface area contributed by atoms with Crippen LogP contribution in [0.4, 0.5) is 5.82 Å². The van der Waals surface area contributed by atoms with Crippen LogP contribution in [0, 0.1) is 6.92 Å². The Hall–Kier alpha value is -2.43. The lowest BCUT2D eigenvalue weighted by Gasteiger charge is -2.07. The van der Waals surface area contributed by atoms with E-state index in [9.17, 15) is 4.79 Å². The Bertz CT molecular complexity index is 625. The number of amides is 1. The molecule has 0 aliphatic heterocycles. The second-order valence-corrected chi connectivity index (χ2v) is 5.59. The van der Waals surface area contributed by atoms with Gasteiger partial charge in [0.15, 0.2) is 0 Å². The van der Waals surface area contributed by atoms with Crippen molar-refractivity contribution in [2.75, 3.05) is 11.9 Å². The second kappa shape index (κ2) is 8.88. The summed E-state index contributed by atoms with van der Waals surface area (Å²) in [6.45, 7) is 5.56. The van der Waals surface area contributed by atoms with E-state index in [1.54, 1.807) is 6.20 Å². The van der Waals surface area contributed by atoms with E-state index in [1.165, 1.54) is 17.3 Å². The maximum atomic E-state index is 11.9. The zero-order chi connectivity index (χ0) is 16.5. The lowest BCUT2D eigenvalue weighted by Crippen LogP contribution is -2.25. The van der Waals surface area contributed by atoms with Gasteiger partial charge in [-0.15, -0.1) is 0 Å². The first kappa shape index (κ1) is 16.9. The number of nitrogens with zero attached hydrogens (tertiary/aromatic N) is 2. The van der Waals surface area contributed by atoms with Gasteiger partial charge in [-0.05, 0) is 18.9 Å². The summed E-state index contributed by atoms with van der Waals surface area (Å²) in [5, 5.41) is 6.06. The molecule has 0 spiro atoms. The third-order valence-electron chi connectivity index (χ3n) is 3.51. The van der Waals surface area contributed by atoms with Gasteiger partial charge >= 0.3 is 0 Å². The van der Waals surface area contributed by atoms with Crippen molar-refractivity contribution in [1.82, 2.24) is 15.3 Å². The highest BCUT2D eigenvalue weighted by atomic mass is 16.1. The topological polar surface area (TPSA) is 66.9 Å². The van der Waals surface area contributed by atoms with Crippen molar-refractivity contribution in [2.24, 2.45) is 0 Å². The van der Waals surface area contributed by atoms with Crippen molar-refractivity contribution in [3.63, 3.8) is 0 Å². The van der Waals surface area contributed by atoms with Crippen molar-refractivity contribution >= 4 is 11.7 Å². The molecule has 1 heterocycles. The van der Waals surface area contributed by atoms with E-state index in [4.69, 9.17) is 0 Å². The molecule has 0 aliphatic rings. The molecule has 0 saturated heterocycles. The Morgan fingerprint density at radius 1 is 1.17 bits per heavy atom. The van der Waals surface area contributed by atoms with Gasteiger partial charge in [0.2, 0.25) is 0 Å². The minimum atomic E-state index is -0.168. The molecule has 5 nitrogen and oxygen atoms in total. The normalized spacial score (nSPS) is 10.3. The van der Waals surface area contributed by atoms with E-state index < -0.39 is 0 Å². The molecular weight excluding hydrogens is 288 g/mol. The number of aryl methyl sites for hydroxylation is 1. The number of carbonyl (C=O) groups is 1. The van der Waals surface area contributed by atoms with Gasteiger partial charge < -0.3 is 10.6 Å². The molecule has 5 heteroatoms. The highest BCUT2D eigenvalue weighted by Gasteiger charge is 2.07. The average Bonchev–Trinajstić information content (AvgIpc) is 2.57. The molecule has 2 N–H and O–H groups in total. The van der Waals surface area contributed by atoms with Gasteiger partial charge in [0.05, 0.1) is 12.4 Å². The van der Waals surface area contributed by atoms with Crippen molar-refractivity contribution < 1.29 is 4.79 Å². The van der Waals surface area contributed by atoms with E-state index in [0.29, 0.717) is 24.6 Å². The van der Waals surface area contributed by atoms with Gasteiger partial charge in [0.25, 0.3) is 5.91 Å². The first-order valence-corrected chi connectivity index (χ1v) is 8.08. The van der Waals surface area contributed by atoms with Crippen LogP contribution in [0.3, 0.4) is 0 Å². The summed E-state index contributed by atoms with van der Waals surface area (Å²) < 4.78 is 0. The number of hydrogen-bond acceptors (Lipinski definition) is 4. The molecule has 2 aromatic rings. The highest BCUT2D eigenvalue weighted by molar-refractivity contribution is 5.91. The molecule has 1 aromatic carbocycles. The van der Waals surface area contributed by atoms with Crippen molar-refractivity contribution in [1.29, 1.82) is 0 Å². The number of anilines is 1. The van der Waals surface area contributed by atoms with Gasteiger partial charge in [0, 0.05) is 13.1 Å². The predicted molar refractivity (Wildman–Crippen MR) is 92.4 cm³/mol. The summed E-state index contributed by atoms with van der Waals surface area (Å²) in [5.74, 6) is 0.493. The summed E-state index contributed by atoms with van der Waals surface area (Å²) in [5.41, 5.74) is 2.76. The molecule has 1 aromatic heterocycles. The van der Waals surface area contributed by atoms with Crippen LogP contribution in [0.5, 0.6) is 0 Å². The quantitative estimate of drug-likeness (QED) is 0.734. The zero-order valence-electron chi connectivity index (χ0n) is 13.8. The Labute approximate surface area is 137 Å². The van der Waals surface area contributed by atoms with E-state index in [1.807, 2.05) is 6.07 Å². The Morgan fingerprint density at radius 3 is 2.74 bits per heavy atom. The minimum absolute atomic E-state index is 0.168. The fraction of sp³-hybridized carbons (Fsp3) is 0.389. The van der Waals surface area contributed by atoms with Crippen LogP contribution in [0.15, 0.2) is 36.7 Å². The van der Waals surface area contributed by atoms with Gasteiger partial charge in [0.1, 0.15) is 11.5 Å². The van der Waals surface area contributed by atoms with E-state index in [2.05, 4.69) is 52.6 Å². The molecule has 0 unspecified atom stereocenters. The molecule has 0 radical (unpaired) electrons. The molecule has 0 atom stereocenters. The van der Waals surface area contributed by atoms with Gasteiger partial charge in [-0.2, -0.15) is 0 Å². The number of unbranched alkanes of at least 4 members (excludes halogenated alkanes) is 2. The Kier molecular flexibility index (Phi) is 6.54. The summed E-state index contributed by atoms with van der Waals surface area (Å²) in [7, 11) is 0. The first-order valence-electron chi connectivity index (χ1n) is 8.08. The molecule has 0 bridgehead atoms. The lowest BCUT2D eigenvalue weighted by atomic mass is 10.1. The minimum Gasteiger partial charge on any atom is -0.365 e. The Morgan fingerprint density at radius 2 is 2.04 bits per heavy atom. The van der Waals surface area contributed by atoms with Crippen LogP contribution in [0.2, 0.25) is 0 Å². The van der Waals surface area contributed by atoms with Crippen molar-refractivity contribution in [3.05, 3.63) is 53.5 Å². The maximum absolute atomic E-state index is 11.9. The first-order chi connectivity index (χ1) is 11.2. The Balaban J connectivity index is 1.83. The SMILES string of the molecule is CCCCCNC(=O)c1cnc(NCc2cccc(C)c2)cn1. The summed E-state index contributed by atoms with van der Waals surface area (Å²) in [6.07, 6.45) is 6.35. The third kappa shape index (κ3) is 5.70. The molecule has 2 rings (SSSR count). The van der Waals surface area contributed by atoms with Crippen LogP contribution in [-0.4, -0.2) is 22.4 Å². The molecule has 1 amide bonds. The van der Waals surface area contributed by atoms with Crippen LogP contribution in [-0.2, 0) is 6.54 Å². The summed E-state index contributed by atoms with van der Waals surface area (Å²) in [6, 6.07) is 8.28. The zero-order valence-corrected chi connectivity index (χ0v) is 13.8. The molecule has 23 heavy (non-hydrogen) atoms.